The van der Waals surface area contributed by atoms with Gasteiger partial charge in [-0.15, -0.1) is 0 Å². The molecule has 1 aliphatic rings. The largest absolute Gasteiger partial charge is 0.478 e. The van der Waals surface area contributed by atoms with Crippen molar-refractivity contribution in [1.82, 2.24) is 24.6 Å². The topological polar surface area (TPSA) is 56.1 Å². The number of hydrogen-bond acceptors (Lipinski definition) is 5. The van der Waals surface area contributed by atoms with E-state index in [0.29, 0.717) is 6.61 Å². The maximum Gasteiger partial charge on any atom is 0.221 e. The van der Waals surface area contributed by atoms with Crippen molar-refractivity contribution in [3.8, 4) is 5.88 Å². The summed E-state index contributed by atoms with van der Waals surface area (Å²) in [4.78, 5) is 11.1. The molecule has 0 spiro atoms. The van der Waals surface area contributed by atoms with Gasteiger partial charge in [0.2, 0.25) is 5.88 Å². The molecule has 1 aliphatic heterocycles. The molecule has 6 nitrogen and oxygen atoms in total. The molecule has 6 heteroatoms. The summed E-state index contributed by atoms with van der Waals surface area (Å²) in [6.07, 6.45) is 7.69. The first-order valence-electron chi connectivity index (χ1n) is 7.99. The fourth-order valence-electron chi connectivity index (χ4n) is 2.82. The van der Waals surface area contributed by atoms with Crippen LogP contribution in [0.4, 0.5) is 0 Å². The van der Waals surface area contributed by atoms with E-state index < -0.39 is 0 Å². The van der Waals surface area contributed by atoms with Crippen molar-refractivity contribution in [3.05, 3.63) is 35.5 Å². The SMILES string of the molecule is CCOc1ncnc2c1CN(CCc1cnn(CC)c1)CC2. The summed E-state index contributed by atoms with van der Waals surface area (Å²) in [5, 5.41) is 4.33. The highest BCUT2D eigenvalue weighted by Gasteiger charge is 2.21. The van der Waals surface area contributed by atoms with Crippen molar-refractivity contribution in [2.75, 3.05) is 19.7 Å². The molecule has 0 unspecified atom stereocenters. The fourth-order valence-corrected chi connectivity index (χ4v) is 2.82. The van der Waals surface area contributed by atoms with E-state index in [1.807, 2.05) is 17.8 Å². The summed E-state index contributed by atoms with van der Waals surface area (Å²) in [6, 6.07) is 0. The van der Waals surface area contributed by atoms with Crippen LogP contribution in [0.25, 0.3) is 0 Å². The Morgan fingerprint density at radius 3 is 2.95 bits per heavy atom. The van der Waals surface area contributed by atoms with E-state index in [4.69, 9.17) is 4.74 Å². The van der Waals surface area contributed by atoms with Gasteiger partial charge in [-0.25, -0.2) is 9.97 Å². The van der Waals surface area contributed by atoms with Gasteiger partial charge >= 0.3 is 0 Å². The Balaban J connectivity index is 1.63. The van der Waals surface area contributed by atoms with Gasteiger partial charge in [0.15, 0.2) is 0 Å². The summed E-state index contributed by atoms with van der Waals surface area (Å²) < 4.78 is 7.62. The van der Waals surface area contributed by atoms with Crippen molar-refractivity contribution in [1.29, 1.82) is 0 Å². The molecule has 0 aliphatic carbocycles. The van der Waals surface area contributed by atoms with Crippen molar-refractivity contribution >= 4 is 0 Å². The van der Waals surface area contributed by atoms with E-state index in [0.717, 1.165) is 56.2 Å². The van der Waals surface area contributed by atoms with Crippen LogP contribution in [0, 0.1) is 0 Å². The second kappa shape index (κ2) is 6.87. The first-order valence-corrected chi connectivity index (χ1v) is 7.99. The Bertz CT molecular complexity index is 625. The average molecular weight is 301 g/mol. The van der Waals surface area contributed by atoms with Gasteiger partial charge in [0.1, 0.15) is 6.33 Å². The molecule has 2 aromatic heterocycles. The monoisotopic (exact) mass is 301 g/mol. The van der Waals surface area contributed by atoms with Crippen LogP contribution in [0.3, 0.4) is 0 Å². The van der Waals surface area contributed by atoms with Crippen LogP contribution in [-0.2, 0) is 25.9 Å². The van der Waals surface area contributed by atoms with Gasteiger partial charge in [-0.2, -0.15) is 5.10 Å². The van der Waals surface area contributed by atoms with Crippen LogP contribution < -0.4 is 4.74 Å². The van der Waals surface area contributed by atoms with Gasteiger partial charge in [-0.1, -0.05) is 0 Å². The summed E-state index contributed by atoms with van der Waals surface area (Å²) in [6.45, 7) is 8.58. The molecular weight excluding hydrogens is 278 g/mol. The van der Waals surface area contributed by atoms with Crippen molar-refractivity contribution in [2.24, 2.45) is 0 Å². The van der Waals surface area contributed by atoms with Gasteiger partial charge in [-0.3, -0.25) is 9.58 Å². The molecule has 0 bridgehead atoms. The molecule has 0 N–H and O–H groups in total. The van der Waals surface area contributed by atoms with Gasteiger partial charge in [0.05, 0.1) is 18.5 Å². The molecular formula is C16H23N5O. The number of ether oxygens (including phenoxy) is 1. The molecule has 0 saturated heterocycles. The normalized spacial score (nSPS) is 14.8. The highest BCUT2D eigenvalue weighted by molar-refractivity contribution is 5.31. The van der Waals surface area contributed by atoms with E-state index in [2.05, 4.69) is 33.1 Å². The molecule has 0 saturated carbocycles. The first-order chi connectivity index (χ1) is 10.8. The average Bonchev–Trinajstić information content (AvgIpc) is 3.02. The molecule has 2 aromatic rings. The summed E-state index contributed by atoms with van der Waals surface area (Å²) in [5.74, 6) is 0.746. The second-order valence-corrected chi connectivity index (χ2v) is 5.52. The predicted molar refractivity (Wildman–Crippen MR) is 83.8 cm³/mol. The van der Waals surface area contributed by atoms with E-state index in [-0.39, 0.29) is 0 Å². The number of aromatic nitrogens is 4. The van der Waals surface area contributed by atoms with Crippen molar-refractivity contribution in [2.45, 2.75) is 39.8 Å². The van der Waals surface area contributed by atoms with Gasteiger partial charge in [-0.05, 0) is 25.8 Å². The van der Waals surface area contributed by atoms with Gasteiger partial charge in [0, 0.05) is 44.4 Å². The van der Waals surface area contributed by atoms with Crippen LogP contribution in [-0.4, -0.2) is 44.3 Å². The number of aryl methyl sites for hydroxylation is 1. The molecule has 3 heterocycles. The Kier molecular flexibility index (Phi) is 4.68. The number of fused-ring (bicyclic) bond motifs is 1. The minimum atomic E-state index is 0.639. The third-order valence-corrected chi connectivity index (χ3v) is 4.05. The maximum atomic E-state index is 5.64. The fraction of sp³-hybridized carbons (Fsp3) is 0.562. The highest BCUT2D eigenvalue weighted by Crippen LogP contribution is 2.24. The van der Waals surface area contributed by atoms with Crippen molar-refractivity contribution in [3.63, 3.8) is 0 Å². The summed E-state index contributed by atoms with van der Waals surface area (Å²) >= 11 is 0. The quantitative estimate of drug-likeness (QED) is 0.813. The lowest BCUT2D eigenvalue weighted by Gasteiger charge is -2.28. The Hall–Kier alpha value is -1.95. The molecule has 0 atom stereocenters. The summed E-state index contributed by atoms with van der Waals surface area (Å²) in [5.41, 5.74) is 3.58. The highest BCUT2D eigenvalue weighted by atomic mass is 16.5. The van der Waals surface area contributed by atoms with Gasteiger partial charge < -0.3 is 4.74 Å². The molecule has 3 rings (SSSR count). The second-order valence-electron chi connectivity index (χ2n) is 5.52. The Morgan fingerprint density at radius 2 is 2.18 bits per heavy atom. The van der Waals surface area contributed by atoms with Gasteiger partial charge in [0.25, 0.3) is 0 Å². The van der Waals surface area contributed by atoms with Crippen LogP contribution in [0.2, 0.25) is 0 Å². The molecule has 22 heavy (non-hydrogen) atoms. The van der Waals surface area contributed by atoms with Crippen LogP contribution in [0.1, 0.15) is 30.7 Å². The molecule has 0 fully saturated rings. The molecule has 0 amide bonds. The maximum absolute atomic E-state index is 5.64. The Morgan fingerprint density at radius 1 is 1.27 bits per heavy atom. The molecule has 118 valence electrons. The Labute approximate surface area is 131 Å². The summed E-state index contributed by atoms with van der Waals surface area (Å²) in [7, 11) is 0. The van der Waals surface area contributed by atoms with E-state index in [1.54, 1.807) is 6.33 Å². The smallest absolute Gasteiger partial charge is 0.221 e. The first kappa shape index (κ1) is 15.0. The molecule has 0 aromatic carbocycles. The lowest BCUT2D eigenvalue weighted by atomic mass is 10.1. The third kappa shape index (κ3) is 3.27. The molecule has 0 radical (unpaired) electrons. The lowest BCUT2D eigenvalue weighted by Crippen LogP contribution is -2.33. The van der Waals surface area contributed by atoms with E-state index >= 15 is 0 Å². The minimum Gasteiger partial charge on any atom is -0.478 e. The zero-order chi connectivity index (χ0) is 15.4. The van der Waals surface area contributed by atoms with Crippen LogP contribution in [0.5, 0.6) is 5.88 Å². The van der Waals surface area contributed by atoms with E-state index in [1.165, 1.54) is 5.56 Å². The lowest BCUT2D eigenvalue weighted by molar-refractivity contribution is 0.241. The third-order valence-electron chi connectivity index (χ3n) is 4.05. The zero-order valence-electron chi connectivity index (χ0n) is 13.3. The van der Waals surface area contributed by atoms with Crippen molar-refractivity contribution < 1.29 is 4.74 Å². The van der Waals surface area contributed by atoms with Crippen LogP contribution >= 0.6 is 0 Å². The van der Waals surface area contributed by atoms with E-state index in [9.17, 15) is 0 Å². The zero-order valence-corrected chi connectivity index (χ0v) is 13.3. The number of nitrogens with zero attached hydrogens (tertiary/aromatic N) is 5. The number of rotatable bonds is 6. The van der Waals surface area contributed by atoms with Crippen LogP contribution in [0.15, 0.2) is 18.7 Å². The number of hydrogen-bond donors (Lipinski definition) is 0. The predicted octanol–water partition coefficient (Wildman–Crippen LogP) is 1.69. The minimum absolute atomic E-state index is 0.639. The standard InChI is InChI=1S/C16H23N5O/c1-3-21-10-13(9-19-21)5-7-20-8-6-15-14(11-20)16(22-4-2)18-12-17-15/h9-10,12H,3-8,11H2,1-2H3.